The zero-order valence-electron chi connectivity index (χ0n) is 8.79. The molecule has 0 rings (SSSR count). The second kappa shape index (κ2) is 13.5. The quantitative estimate of drug-likeness (QED) is 0.537. The highest BCUT2D eigenvalue weighted by atomic mass is 16.4. The van der Waals surface area contributed by atoms with Gasteiger partial charge in [0.15, 0.2) is 0 Å². The van der Waals surface area contributed by atoms with Crippen LogP contribution in [-0.2, 0) is 4.79 Å². The highest BCUT2D eigenvalue weighted by Gasteiger charge is 1.78. The van der Waals surface area contributed by atoms with Crippen LogP contribution in [0, 0.1) is 0 Å². The highest BCUT2D eigenvalue weighted by molar-refractivity contribution is 5.80. The minimum atomic E-state index is -0.914. The van der Waals surface area contributed by atoms with Gasteiger partial charge in [-0.15, -0.1) is 0 Å². The highest BCUT2D eigenvalue weighted by Crippen LogP contribution is 1.88. The molecule has 0 aromatic carbocycles. The van der Waals surface area contributed by atoms with E-state index in [1.165, 1.54) is 25.3 Å². The number of rotatable bonds is 4. The van der Waals surface area contributed by atoms with E-state index in [0.29, 0.717) is 0 Å². The number of carbonyl (C=O) groups is 1. The Hall–Kier alpha value is -1.05. The van der Waals surface area contributed by atoms with Crippen LogP contribution >= 0.6 is 0 Å². The molecule has 0 unspecified atom stereocenters. The molecule has 0 aliphatic carbocycles. The smallest absolute Gasteiger partial charge is 0.328 e. The van der Waals surface area contributed by atoms with Crippen LogP contribution < -0.4 is 0 Å². The summed E-state index contributed by atoms with van der Waals surface area (Å²) in [7, 11) is 0. The lowest BCUT2D eigenvalue weighted by Crippen LogP contribution is -1.83. The molecule has 0 spiro atoms. The molecule has 13 heavy (non-hydrogen) atoms. The maximum atomic E-state index is 9.75. The molecule has 76 valence electrons. The first-order chi connectivity index (χ1) is 6.18. The Balaban J connectivity index is 0. The van der Waals surface area contributed by atoms with Crippen molar-refractivity contribution in [2.75, 3.05) is 0 Å². The topological polar surface area (TPSA) is 37.3 Å². The van der Waals surface area contributed by atoms with Crippen LogP contribution in [0.5, 0.6) is 0 Å². The van der Waals surface area contributed by atoms with Gasteiger partial charge < -0.3 is 5.11 Å². The summed E-state index contributed by atoms with van der Waals surface area (Å²) in [4.78, 5) is 9.75. The van der Waals surface area contributed by atoms with Crippen molar-refractivity contribution in [2.45, 2.75) is 40.0 Å². The minimum absolute atomic E-state index is 0.914. The fourth-order valence-corrected chi connectivity index (χ4v) is 0.603. The molecule has 0 saturated carbocycles. The van der Waals surface area contributed by atoms with Crippen molar-refractivity contribution in [1.82, 2.24) is 0 Å². The Bertz CT molecular complexity index is 155. The van der Waals surface area contributed by atoms with Gasteiger partial charge in [-0.05, 0) is 6.92 Å². The van der Waals surface area contributed by atoms with E-state index < -0.39 is 5.97 Å². The number of carboxylic acid groups (broad SMARTS) is 1. The Morgan fingerprint density at radius 1 is 1.23 bits per heavy atom. The molecule has 1 N–H and O–H groups in total. The second-order valence-corrected chi connectivity index (χ2v) is 2.58. The van der Waals surface area contributed by atoms with Crippen molar-refractivity contribution >= 4 is 5.97 Å². The first-order valence-electron chi connectivity index (χ1n) is 4.71. The molecular formula is C11H20O2. The maximum absolute atomic E-state index is 9.75. The maximum Gasteiger partial charge on any atom is 0.328 e. The van der Waals surface area contributed by atoms with Crippen molar-refractivity contribution < 1.29 is 9.90 Å². The number of aliphatic carboxylic acids is 1. The molecule has 0 aliphatic heterocycles. The van der Waals surface area contributed by atoms with E-state index in [9.17, 15) is 4.79 Å². The monoisotopic (exact) mass is 184 g/mol. The van der Waals surface area contributed by atoms with Crippen LogP contribution in [0.2, 0.25) is 0 Å². The standard InChI is InChI=1S/C6H8O2.C5H12/c1-2-3-4-5-6(7)8;1-3-5-4-2/h2-5H,1H3,(H,7,8);3-5H2,1-2H3/b3-2+,5-4+;. The summed E-state index contributed by atoms with van der Waals surface area (Å²) in [5.41, 5.74) is 0. The summed E-state index contributed by atoms with van der Waals surface area (Å²) < 4.78 is 0. The zero-order chi connectivity index (χ0) is 10.5. The molecule has 0 aromatic heterocycles. The molecule has 0 heterocycles. The molecular weight excluding hydrogens is 164 g/mol. The van der Waals surface area contributed by atoms with Gasteiger partial charge in [-0.3, -0.25) is 0 Å². The average molecular weight is 184 g/mol. The Morgan fingerprint density at radius 2 is 1.77 bits per heavy atom. The SMILES string of the molecule is C/C=C/C=C/C(=O)O.CCCCC. The van der Waals surface area contributed by atoms with E-state index in [2.05, 4.69) is 13.8 Å². The van der Waals surface area contributed by atoms with Gasteiger partial charge in [0.2, 0.25) is 0 Å². The van der Waals surface area contributed by atoms with Crippen LogP contribution in [0.25, 0.3) is 0 Å². The molecule has 0 fully saturated rings. The summed E-state index contributed by atoms with van der Waals surface area (Å²) in [6.07, 6.45) is 10.1. The zero-order valence-corrected chi connectivity index (χ0v) is 8.79. The predicted molar refractivity (Wildman–Crippen MR) is 56.8 cm³/mol. The third-order valence-electron chi connectivity index (χ3n) is 1.25. The fourth-order valence-electron chi connectivity index (χ4n) is 0.603. The molecule has 0 amide bonds. The van der Waals surface area contributed by atoms with E-state index in [-0.39, 0.29) is 0 Å². The summed E-state index contributed by atoms with van der Waals surface area (Å²) in [6.45, 7) is 6.25. The van der Waals surface area contributed by atoms with E-state index in [1.54, 1.807) is 12.2 Å². The van der Waals surface area contributed by atoms with Crippen molar-refractivity contribution in [1.29, 1.82) is 0 Å². The average Bonchev–Trinajstić information content (AvgIpc) is 2.07. The Morgan fingerprint density at radius 3 is 2.00 bits per heavy atom. The number of carboxylic acids is 1. The number of hydrogen-bond acceptors (Lipinski definition) is 1. The van der Waals surface area contributed by atoms with E-state index >= 15 is 0 Å². The van der Waals surface area contributed by atoms with E-state index in [1.807, 2.05) is 6.92 Å². The first kappa shape index (κ1) is 14.5. The van der Waals surface area contributed by atoms with Crippen molar-refractivity contribution in [2.24, 2.45) is 0 Å². The molecule has 0 radical (unpaired) electrons. The third-order valence-corrected chi connectivity index (χ3v) is 1.25. The molecule has 0 aliphatic rings. The van der Waals surface area contributed by atoms with Gasteiger partial charge in [0.1, 0.15) is 0 Å². The minimum Gasteiger partial charge on any atom is -0.478 e. The summed E-state index contributed by atoms with van der Waals surface area (Å²) in [5.74, 6) is -0.914. The lowest BCUT2D eigenvalue weighted by molar-refractivity contribution is -0.131. The molecule has 2 nitrogen and oxygen atoms in total. The molecule has 2 heteroatoms. The Labute approximate surface area is 81.0 Å². The summed E-state index contributed by atoms with van der Waals surface area (Å²) >= 11 is 0. The van der Waals surface area contributed by atoms with Gasteiger partial charge in [0, 0.05) is 6.08 Å². The normalized spacial score (nSPS) is 10.1. The lowest BCUT2D eigenvalue weighted by Gasteiger charge is -1.79. The van der Waals surface area contributed by atoms with Gasteiger partial charge in [0.05, 0.1) is 0 Å². The van der Waals surface area contributed by atoms with E-state index in [0.717, 1.165) is 6.08 Å². The molecule has 0 bridgehead atoms. The van der Waals surface area contributed by atoms with Crippen LogP contribution in [0.15, 0.2) is 24.3 Å². The number of hydrogen-bond donors (Lipinski definition) is 1. The third kappa shape index (κ3) is 24.8. The molecule has 0 aromatic rings. The molecule has 0 saturated heterocycles. The van der Waals surface area contributed by atoms with Gasteiger partial charge in [-0.1, -0.05) is 51.3 Å². The summed E-state index contributed by atoms with van der Waals surface area (Å²) in [6, 6.07) is 0. The van der Waals surface area contributed by atoms with Crippen LogP contribution in [0.1, 0.15) is 40.0 Å². The van der Waals surface area contributed by atoms with Gasteiger partial charge >= 0.3 is 5.97 Å². The largest absolute Gasteiger partial charge is 0.478 e. The van der Waals surface area contributed by atoms with Crippen LogP contribution in [-0.4, -0.2) is 11.1 Å². The molecule has 0 atom stereocenters. The van der Waals surface area contributed by atoms with Crippen molar-refractivity contribution in [3.05, 3.63) is 24.3 Å². The van der Waals surface area contributed by atoms with Gasteiger partial charge in [-0.2, -0.15) is 0 Å². The predicted octanol–water partition coefficient (Wildman–Crippen LogP) is 3.40. The van der Waals surface area contributed by atoms with Gasteiger partial charge in [0.25, 0.3) is 0 Å². The van der Waals surface area contributed by atoms with Crippen molar-refractivity contribution in [3.8, 4) is 0 Å². The van der Waals surface area contributed by atoms with Crippen LogP contribution in [0.4, 0.5) is 0 Å². The van der Waals surface area contributed by atoms with E-state index in [4.69, 9.17) is 5.11 Å². The Kier molecular flexibility index (Phi) is 15.1. The van der Waals surface area contributed by atoms with Gasteiger partial charge in [-0.25, -0.2) is 4.79 Å². The number of unbranched alkanes of at least 4 members (excludes halogenated alkanes) is 2. The second-order valence-electron chi connectivity index (χ2n) is 2.58. The van der Waals surface area contributed by atoms with Crippen LogP contribution in [0.3, 0.4) is 0 Å². The fraction of sp³-hybridized carbons (Fsp3) is 0.545. The first-order valence-corrected chi connectivity index (χ1v) is 4.71. The van der Waals surface area contributed by atoms with Crippen molar-refractivity contribution in [3.63, 3.8) is 0 Å². The number of allylic oxidation sites excluding steroid dienone is 3. The summed E-state index contributed by atoms with van der Waals surface area (Å²) in [5, 5.41) is 8.02. The lowest BCUT2D eigenvalue weighted by atomic mass is 10.3.